The Morgan fingerprint density at radius 3 is 2.49 bits per heavy atom. The minimum Gasteiger partial charge on any atom is -0.378 e. The minimum absolute atomic E-state index is 0.0186. The van der Waals surface area contributed by atoms with Crippen LogP contribution in [0.25, 0.3) is 0 Å². The monoisotopic (exact) mass is 602 g/mol. The Hall–Kier alpha value is -3.72. The van der Waals surface area contributed by atoms with E-state index in [1.165, 1.54) is 0 Å². The highest BCUT2D eigenvalue weighted by Gasteiger charge is 2.28. The fourth-order valence-electron chi connectivity index (χ4n) is 5.84. The van der Waals surface area contributed by atoms with Gasteiger partial charge in [-0.05, 0) is 98.8 Å². The van der Waals surface area contributed by atoms with E-state index in [-0.39, 0.29) is 23.8 Å². The van der Waals surface area contributed by atoms with E-state index in [0.29, 0.717) is 67.7 Å². The molecule has 43 heavy (non-hydrogen) atoms. The second kappa shape index (κ2) is 14.2. The van der Waals surface area contributed by atoms with Gasteiger partial charge in [0.15, 0.2) is 0 Å². The number of carbonyl (C=O) groups excluding carboxylic acids is 3. The molecule has 3 amide bonds. The first kappa shape index (κ1) is 30.7. The van der Waals surface area contributed by atoms with Crippen LogP contribution in [0.4, 0.5) is 11.4 Å². The van der Waals surface area contributed by atoms with Crippen LogP contribution < -0.4 is 15.5 Å². The summed E-state index contributed by atoms with van der Waals surface area (Å²) in [4.78, 5) is 43.0. The molecule has 1 fully saturated rings. The number of fused-ring (bicyclic) bond motifs is 1. The van der Waals surface area contributed by atoms with Crippen molar-refractivity contribution in [3.05, 3.63) is 93.5 Å². The molecule has 0 spiro atoms. The number of morpholine rings is 1. The van der Waals surface area contributed by atoms with Crippen molar-refractivity contribution in [3.8, 4) is 0 Å². The van der Waals surface area contributed by atoms with Gasteiger partial charge in [0.1, 0.15) is 0 Å². The van der Waals surface area contributed by atoms with Gasteiger partial charge in [0, 0.05) is 59.6 Å². The number of nitrogens with one attached hydrogen (secondary N) is 2. The highest BCUT2D eigenvalue weighted by Crippen LogP contribution is 2.36. The first-order valence-electron chi connectivity index (χ1n) is 15.0. The van der Waals surface area contributed by atoms with Crippen molar-refractivity contribution in [2.45, 2.75) is 45.6 Å². The molecule has 2 aliphatic rings. The number of halogens is 1. The number of amides is 3. The van der Waals surface area contributed by atoms with Crippen molar-refractivity contribution in [1.29, 1.82) is 0 Å². The van der Waals surface area contributed by atoms with E-state index in [1.807, 2.05) is 66.1 Å². The number of carbonyl (C=O) groups is 3. The van der Waals surface area contributed by atoms with Crippen LogP contribution in [0, 0.1) is 13.8 Å². The molecule has 0 aromatic heterocycles. The number of benzene rings is 3. The van der Waals surface area contributed by atoms with Gasteiger partial charge in [-0.15, -0.1) is 0 Å². The lowest BCUT2D eigenvalue weighted by molar-refractivity contribution is -0.135. The first-order valence-corrected chi connectivity index (χ1v) is 15.4. The number of ether oxygens (including phenoxy) is 1. The number of rotatable bonds is 8. The Morgan fingerprint density at radius 1 is 0.930 bits per heavy atom. The molecule has 2 heterocycles. The van der Waals surface area contributed by atoms with E-state index in [1.54, 1.807) is 18.2 Å². The zero-order valence-electron chi connectivity index (χ0n) is 24.8. The third kappa shape index (κ3) is 7.44. The number of hydrogen-bond donors (Lipinski definition) is 2. The van der Waals surface area contributed by atoms with Gasteiger partial charge in [-0.3, -0.25) is 14.4 Å². The van der Waals surface area contributed by atoms with Gasteiger partial charge in [0.05, 0.1) is 13.2 Å². The predicted molar refractivity (Wildman–Crippen MR) is 170 cm³/mol. The summed E-state index contributed by atoms with van der Waals surface area (Å²) in [6.07, 6.45) is 2.88. The standard InChI is InChI=1S/C34H39ClN4O4/c1-23-7-3-4-8-27(23)33(41)37-26-12-13-28(24(2)21-26)34(42)39-16-6-9-30(29-22-25(35)11-14-31(29)39)36-15-5-10-32(40)38-17-19-43-20-18-38/h3-4,7-8,11-14,21-22,30,36H,5-6,9-10,15-20H2,1-2H3,(H,37,41). The summed E-state index contributed by atoms with van der Waals surface area (Å²) < 4.78 is 5.35. The van der Waals surface area contributed by atoms with E-state index in [0.717, 1.165) is 41.6 Å². The van der Waals surface area contributed by atoms with Gasteiger partial charge in [-0.25, -0.2) is 0 Å². The SMILES string of the molecule is Cc1ccccc1C(=O)Nc1ccc(C(=O)N2CCCC(NCCCC(=O)N3CCOCC3)c3cc(Cl)ccc32)c(C)c1. The average Bonchev–Trinajstić information content (AvgIpc) is 3.18. The summed E-state index contributed by atoms with van der Waals surface area (Å²) in [5.74, 6) is -0.101. The zero-order chi connectivity index (χ0) is 30.3. The Labute approximate surface area is 258 Å². The van der Waals surface area contributed by atoms with Crippen LogP contribution in [0.2, 0.25) is 5.02 Å². The van der Waals surface area contributed by atoms with E-state index >= 15 is 0 Å². The Kier molecular flexibility index (Phi) is 10.1. The lowest BCUT2D eigenvalue weighted by Gasteiger charge is -2.27. The largest absolute Gasteiger partial charge is 0.378 e. The van der Waals surface area contributed by atoms with Crippen molar-refractivity contribution in [2.75, 3.05) is 49.6 Å². The number of aryl methyl sites for hydroxylation is 2. The van der Waals surface area contributed by atoms with E-state index < -0.39 is 0 Å². The molecule has 1 unspecified atom stereocenters. The molecule has 9 heteroatoms. The molecular formula is C34H39ClN4O4. The van der Waals surface area contributed by atoms with Gasteiger partial charge in [0.2, 0.25) is 5.91 Å². The van der Waals surface area contributed by atoms with Crippen molar-refractivity contribution in [2.24, 2.45) is 0 Å². The molecule has 0 saturated carbocycles. The van der Waals surface area contributed by atoms with Crippen molar-refractivity contribution >= 4 is 40.7 Å². The van der Waals surface area contributed by atoms with Crippen molar-refractivity contribution in [1.82, 2.24) is 10.2 Å². The van der Waals surface area contributed by atoms with E-state index in [4.69, 9.17) is 16.3 Å². The lowest BCUT2D eigenvalue weighted by atomic mass is 10.0. The fourth-order valence-corrected chi connectivity index (χ4v) is 6.02. The molecule has 0 aliphatic carbocycles. The van der Waals surface area contributed by atoms with Gasteiger partial charge in [0.25, 0.3) is 11.8 Å². The molecular weight excluding hydrogens is 564 g/mol. The third-order valence-electron chi connectivity index (χ3n) is 8.20. The highest BCUT2D eigenvalue weighted by atomic mass is 35.5. The van der Waals surface area contributed by atoms with Crippen molar-refractivity contribution in [3.63, 3.8) is 0 Å². The van der Waals surface area contributed by atoms with Crippen LogP contribution in [0.1, 0.15) is 69.1 Å². The Morgan fingerprint density at radius 2 is 1.72 bits per heavy atom. The molecule has 3 aromatic rings. The van der Waals surface area contributed by atoms with Crippen LogP contribution in [0.15, 0.2) is 60.7 Å². The highest BCUT2D eigenvalue weighted by molar-refractivity contribution is 6.30. The summed E-state index contributed by atoms with van der Waals surface area (Å²) in [6, 6.07) is 18.5. The van der Waals surface area contributed by atoms with Gasteiger partial charge in [-0.2, -0.15) is 0 Å². The molecule has 5 rings (SSSR count). The number of hydrogen-bond acceptors (Lipinski definition) is 5. The smallest absolute Gasteiger partial charge is 0.258 e. The summed E-state index contributed by atoms with van der Waals surface area (Å²) in [7, 11) is 0. The van der Waals surface area contributed by atoms with Gasteiger partial charge < -0.3 is 25.2 Å². The average molecular weight is 603 g/mol. The van der Waals surface area contributed by atoms with Crippen LogP contribution >= 0.6 is 11.6 Å². The Bertz CT molecular complexity index is 1490. The first-order chi connectivity index (χ1) is 20.8. The van der Waals surface area contributed by atoms with Crippen LogP contribution in [-0.2, 0) is 9.53 Å². The summed E-state index contributed by atoms with van der Waals surface area (Å²) in [5.41, 5.74) is 5.35. The maximum Gasteiger partial charge on any atom is 0.258 e. The maximum absolute atomic E-state index is 13.9. The number of anilines is 2. The van der Waals surface area contributed by atoms with Gasteiger partial charge >= 0.3 is 0 Å². The predicted octanol–water partition coefficient (Wildman–Crippen LogP) is 5.92. The van der Waals surface area contributed by atoms with Crippen molar-refractivity contribution < 1.29 is 19.1 Å². The van der Waals surface area contributed by atoms with Gasteiger partial charge in [-0.1, -0.05) is 29.8 Å². The topological polar surface area (TPSA) is 91.0 Å². The second-order valence-corrected chi connectivity index (χ2v) is 11.6. The number of nitrogens with zero attached hydrogens (tertiary/aromatic N) is 2. The molecule has 1 saturated heterocycles. The zero-order valence-corrected chi connectivity index (χ0v) is 25.6. The molecule has 2 aliphatic heterocycles. The molecule has 0 radical (unpaired) electrons. The molecule has 1 atom stereocenters. The third-order valence-corrected chi connectivity index (χ3v) is 8.44. The maximum atomic E-state index is 13.9. The molecule has 0 bridgehead atoms. The second-order valence-electron chi connectivity index (χ2n) is 11.2. The Balaban J connectivity index is 1.26. The van der Waals surface area contributed by atoms with Crippen LogP contribution in [-0.4, -0.2) is 62.0 Å². The lowest BCUT2D eigenvalue weighted by Crippen LogP contribution is -2.40. The van der Waals surface area contributed by atoms with Crippen LogP contribution in [0.5, 0.6) is 0 Å². The molecule has 226 valence electrons. The quantitative estimate of drug-likeness (QED) is 0.312. The van der Waals surface area contributed by atoms with E-state index in [9.17, 15) is 14.4 Å². The minimum atomic E-state index is -0.182. The fraction of sp³-hybridized carbons (Fsp3) is 0.382. The molecule has 3 aromatic carbocycles. The summed E-state index contributed by atoms with van der Waals surface area (Å²) >= 11 is 6.44. The van der Waals surface area contributed by atoms with E-state index in [2.05, 4.69) is 10.6 Å². The molecule has 8 nitrogen and oxygen atoms in total. The summed E-state index contributed by atoms with van der Waals surface area (Å²) in [5, 5.41) is 7.20. The normalized spacial score (nSPS) is 16.8. The molecule has 2 N–H and O–H groups in total. The van der Waals surface area contributed by atoms with Crippen LogP contribution in [0.3, 0.4) is 0 Å². The summed E-state index contributed by atoms with van der Waals surface area (Å²) in [6.45, 7) is 7.59.